The second-order valence-corrected chi connectivity index (χ2v) is 7.49. The van der Waals surface area contributed by atoms with Gasteiger partial charge in [-0.1, -0.05) is 13.8 Å². The summed E-state index contributed by atoms with van der Waals surface area (Å²) in [6, 6.07) is 0. The third-order valence-electron chi connectivity index (χ3n) is 4.52. The van der Waals surface area contributed by atoms with Crippen molar-refractivity contribution in [2.75, 3.05) is 33.8 Å². The Morgan fingerprint density at radius 1 is 1.50 bits per heavy atom. The molecule has 1 N–H and O–H groups in total. The number of hydrogen-bond acceptors (Lipinski definition) is 5. The summed E-state index contributed by atoms with van der Waals surface area (Å²) in [6.45, 7) is 8.61. The van der Waals surface area contributed by atoms with Crippen molar-refractivity contribution in [3.8, 4) is 0 Å². The van der Waals surface area contributed by atoms with E-state index in [4.69, 9.17) is 4.74 Å². The van der Waals surface area contributed by atoms with Gasteiger partial charge in [-0.05, 0) is 19.3 Å². The van der Waals surface area contributed by atoms with Gasteiger partial charge in [0, 0.05) is 38.0 Å². The van der Waals surface area contributed by atoms with E-state index in [1.807, 2.05) is 0 Å². The number of aryl methyl sites for hydroxylation is 2. The van der Waals surface area contributed by atoms with Crippen molar-refractivity contribution in [1.82, 2.24) is 15.2 Å². The molecule has 1 aromatic rings. The number of aliphatic imine (C=N–C) groups is 1. The van der Waals surface area contributed by atoms with Crippen LogP contribution >= 0.6 is 11.3 Å². The monoisotopic (exact) mass is 352 g/mol. The summed E-state index contributed by atoms with van der Waals surface area (Å²) in [5, 5.41) is 4.56. The van der Waals surface area contributed by atoms with Crippen LogP contribution in [0.3, 0.4) is 0 Å². The Bertz CT molecular complexity index is 599. The second kappa shape index (κ2) is 8.46. The third-order valence-corrected chi connectivity index (χ3v) is 5.59. The molecule has 0 amide bonds. The van der Waals surface area contributed by atoms with Crippen molar-refractivity contribution < 1.29 is 9.53 Å². The van der Waals surface area contributed by atoms with Crippen molar-refractivity contribution in [2.24, 2.45) is 16.8 Å². The minimum Gasteiger partial charge on any atom is -0.469 e. The number of nitrogens with zero attached hydrogens (tertiary/aromatic N) is 3. The lowest BCUT2D eigenvalue weighted by molar-refractivity contribution is -0.145. The normalized spacial score (nSPS) is 21.2. The number of carbonyl (C=O) groups is 1. The van der Waals surface area contributed by atoms with Crippen LogP contribution in [0.15, 0.2) is 4.99 Å². The molecule has 0 spiro atoms. The SMILES string of the molecule is CCc1nc(CCNC(=NC)N2CC(C)C(C(=O)OC)C2)sc1C. The lowest BCUT2D eigenvalue weighted by Gasteiger charge is -2.21. The van der Waals surface area contributed by atoms with Crippen LogP contribution in [0.2, 0.25) is 0 Å². The maximum absolute atomic E-state index is 11.8. The van der Waals surface area contributed by atoms with E-state index in [0.29, 0.717) is 6.54 Å². The van der Waals surface area contributed by atoms with Crippen LogP contribution in [0.5, 0.6) is 0 Å². The van der Waals surface area contributed by atoms with Crippen molar-refractivity contribution in [1.29, 1.82) is 0 Å². The quantitative estimate of drug-likeness (QED) is 0.498. The zero-order valence-corrected chi connectivity index (χ0v) is 16.1. The molecule has 2 rings (SSSR count). The average Bonchev–Trinajstić information content (AvgIpc) is 3.13. The van der Waals surface area contributed by atoms with E-state index in [1.54, 1.807) is 18.4 Å². The number of thiazole rings is 1. The molecule has 6 nitrogen and oxygen atoms in total. The van der Waals surface area contributed by atoms with Crippen LogP contribution in [0.25, 0.3) is 0 Å². The van der Waals surface area contributed by atoms with E-state index < -0.39 is 0 Å². The number of likely N-dealkylation sites (tertiary alicyclic amines) is 1. The summed E-state index contributed by atoms with van der Waals surface area (Å²) in [4.78, 5) is 24.3. The smallest absolute Gasteiger partial charge is 0.310 e. The van der Waals surface area contributed by atoms with Gasteiger partial charge in [-0.3, -0.25) is 9.79 Å². The van der Waals surface area contributed by atoms with Gasteiger partial charge in [-0.2, -0.15) is 0 Å². The molecule has 0 aromatic carbocycles. The molecule has 2 atom stereocenters. The van der Waals surface area contributed by atoms with E-state index in [2.05, 4.69) is 41.0 Å². The third kappa shape index (κ3) is 4.26. The summed E-state index contributed by atoms with van der Waals surface area (Å²) in [5.41, 5.74) is 1.20. The highest BCUT2D eigenvalue weighted by Gasteiger charge is 2.36. The zero-order chi connectivity index (χ0) is 17.7. The van der Waals surface area contributed by atoms with Gasteiger partial charge in [0.05, 0.1) is 23.7 Å². The number of esters is 1. The van der Waals surface area contributed by atoms with E-state index in [0.717, 1.165) is 36.9 Å². The van der Waals surface area contributed by atoms with Crippen LogP contribution in [0.1, 0.15) is 29.4 Å². The highest BCUT2D eigenvalue weighted by molar-refractivity contribution is 7.11. The first-order chi connectivity index (χ1) is 11.5. The van der Waals surface area contributed by atoms with Crippen LogP contribution in [0, 0.1) is 18.8 Å². The second-order valence-electron chi connectivity index (χ2n) is 6.20. The van der Waals surface area contributed by atoms with Gasteiger partial charge in [0.1, 0.15) is 0 Å². The molecule has 7 heteroatoms. The Morgan fingerprint density at radius 2 is 2.25 bits per heavy atom. The number of aromatic nitrogens is 1. The molecule has 2 unspecified atom stereocenters. The fraction of sp³-hybridized carbons (Fsp3) is 0.706. The topological polar surface area (TPSA) is 66.8 Å². The largest absolute Gasteiger partial charge is 0.469 e. The molecule has 1 saturated heterocycles. The first-order valence-electron chi connectivity index (χ1n) is 8.48. The summed E-state index contributed by atoms with van der Waals surface area (Å²) in [6.07, 6.45) is 1.87. The molecule has 0 radical (unpaired) electrons. The number of rotatable bonds is 5. The highest BCUT2D eigenvalue weighted by atomic mass is 32.1. The Morgan fingerprint density at radius 3 is 2.83 bits per heavy atom. The molecule has 134 valence electrons. The zero-order valence-electron chi connectivity index (χ0n) is 15.3. The first kappa shape index (κ1) is 18.7. The van der Waals surface area contributed by atoms with E-state index in [-0.39, 0.29) is 17.8 Å². The van der Waals surface area contributed by atoms with E-state index >= 15 is 0 Å². The number of hydrogen-bond donors (Lipinski definition) is 1. The molecule has 1 aliphatic heterocycles. The molecule has 0 bridgehead atoms. The number of methoxy groups -OCH3 is 1. The lowest BCUT2D eigenvalue weighted by Crippen LogP contribution is -2.41. The Balaban J connectivity index is 1.87. The summed E-state index contributed by atoms with van der Waals surface area (Å²) >= 11 is 1.77. The Hall–Kier alpha value is -1.63. The molecule has 1 aromatic heterocycles. The Labute approximate surface area is 148 Å². The average molecular weight is 353 g/mol. The van der Waals surface area contributed by atoms with Gasteiger partial charge < -0.3 is 15.0 Å². The van der Waals surface area contributed by atoms with Gasteiger partial charge >= 0.3 is 5.97 Å². The van der Waals surface area contributed by atoms with Crippen LogP contribution in [-0.2, 0) is 22.4 Å². The molecule has 2 heterocycles. The lowest BCUT2D eigenvalue weighted by atomic mass is 9.99. The number of guanidine groups is 1. The van der Waals surface area contributed by atoms with Gasteiger partial charge in [0.15, 0.2) is 5.96 Å². The van der Waals surface area contributed by atoms with Crippen molar-refractivity contribution >= 4 is 23.3 Å². The minimum atomic E-state index is -0.134. The first-order valence-corrected chi connectivity index (χ1v) is 9.30. The summed E-state index contributed by atoms with van der Waals surface area (Å²) in [7, 11) is 3.23. The molecule has 0 saturated carbocycles. The van der Waals surface area contributed by atoms with Crippen LogP contribution in [-0.4, -0.2) is 55.6 Å². The predicted molar refractivity (Wildman–Crippen MR) is 97.5 cm³/mol. The molecule has 1 fully saturated rings. The van der Waals surface area contributed by atoms with Gasteiger partial charge in [0.25, 0.3) is 0 Å². The van der Waals surface area contributed by atoms with E-state index in [9.17, 15) is 4.79 Å². The van der Waals surface area contributed by atoms with E-state index in [1.165, 1.54) is 17.7 Å². The summed E-state index contributed by atoms with van der Waals surface area (Å²) in [5.74, 6) is 0.898. The number of nitrogens with one attached hydrogen (secondary N) is 1. The number of ether oxygens (including phenoxy) is 1. The predicted octanol–water partition coefficient (Wildman–Crippen LogP) is 1.87. The molecule has 24 heavy (non-hydrogen) atoms. The maximum Gasteiger partial charge on any atom is 0.310 e. The molecular formula is C17H28N4O2S. The fourth-order valence-electron chi connectivity index (χ4n) is 3.13. The molecule has 1 aliphatic rings. The molecular weight excluding hydrogens is 324 g/mol. The molecule has 0 aliphatic carbocycles. The number of carbonyl (C=O) groups excluding carboxylic acids is 1. The van der Waals surface area contributed by atoms with Gasteiger partial charge in [-0.15, -0.1) is 11.3 Å². The highest BCUT2D eigenvalue weighted by Crippen LogP contribution is 2.24. The minimum absolute atomic E-state index is 0.0812. The van der Waals surface area contributed by atoms with Crippen molar-refractivity contribution in [3.63, 3.8) is 0 Å². The van der Waals surface area contributed by atoms with Crippen LogP contribution in [0.4, 0.5) is 0 Å². The standard InChI is InChI=1S/C17H28N4O2S/c1-6-14-12(3)24-15(20-14)7-8-19-17(18-4)21-9-11(2)13(10-21)16(22)23-5/h11,13H,6-10H2,1-5H3,(H,18,19). The van der Waals surface area contributed by atoms with Crippen LogP contribution < -0.4 is 5.32 Å². The fourth-order valence-corrected chi connectivity index (χ4v) is 4.16. The van der Waals surface area contributed by atoms with Gasteiger partial charge in [-0.25, -0.2) is 4.98 Å². The Kier molecular flexibility index (Phi) is 6.60. The summed E-state index contributed by atoms with van der Waals surface area (Å²) < 4.78 is 4.90. The van der Waals surface area contributed by atoms with Crippen molar-refractivity contribution in [3.05, 3.63) is 15.6 Å². The maximum atomic E-state index is 11.8. The van der Waals surface area contributed by atoms with Gasteiger partial charge in [0.2, 0.25) is 0 Å². The van der Waals surface area contributed by atoms with Crippen molar-refractivity contribution in [2.45, 2.75) is 33.6 Å².